The van der Waals surface area contributed by atoms with Crippen LogP contribution in [0.5, 0.6) is 5.75 Å². The maximum Gasteiger partial charge on any atom is 0.299 e. The second-order valence-corrected chi connectivity index (χ2v) is 6.59. The lowest BCUT2D eigenvalue weighted by Gasteiger charge is -2.16. The number of benzene rings is 1. The van der Waals surface area contributed by atoms with Gasteiger partial charge in [0.25, 0.3) is 11.7 Å². The van der Waals surface area contributed by atoms with Crippen molar-refractivity contribution in [2.45, 2.75) is 5.03 Å². The number of methoxy groups -OCH3 is 1. The number of carbonyl (C=O) groups excluding carboxylic acids is 2. The van der Waals surface area contributed by atoms with E-state index in [2.05, 4.69) is 19.9 Å². The van der Waals surface area contributed by atoms with Crippen molar-refractivity contribution >= 4 is 46.3 Å². The molecule has 3 heterocycles. The van der Waals surface area contributed by atoms with E-state index in [0.29, 0.717) is 45.5 Å². The molecular formula is C16H14N6O3S. The molecule has 1 amide bonds. The van der Waals surface area contributed by atoms with Crippen molar-refractivity contribution in [2.75, 3.05) is 30.0 Å². The third-order valence-electron chi connectivity index (χ3n) is 4.00. The molecule has 0 unspecified atom stereocenters. The lowest BCUT2D eigenvalue weighted by Crippen LogP contribution is -2.31. The normalized spacial score (nSPS) is 13.5. The summed E-state index contributed by atoms with van der Waals surface area (Å²) in [4.78, 5) is 41.3. The molecule has 0 aliphatic carbocycles. The van der Waals surface area contributed by atoms with Gasteiger partial charge in [-0.15, -0.1) is 11.8 Å². The van der Waals surface area contributed by atoms with Gasteiger partial charge < -0.3 is 20.4 Å². The number of nitrogen functional groups attached to an aromatic ring is 1. The first-order valence-corrected chi connectivity index (χ1v) is 8.70. The number of carbonyl (C=O) groups is 2. The Morgan fingerprint density at radius 3 is 2.96 bits per heavy atom. The Morgan fingerprint density at radius 1 is 1.31 bits per heavy atom. The number of Topliss-reactive ketones (excluding diaryl/α,β-unsaturated/α-hetero) is 1. The van der Waals surface area contributed by atoms with E-state index in [0.717, 1.165) is 0 Å². The molecule has 4 rings (SSSR count). The predicted octanol–water partition coefficient (Wildman–Crippen LogP) is 1.27. The molecule has 2 aromatic heterocycles. The number of rotatable bonds is 5. The molecule has 26 heavy (non-hydrogen) atoms. The van der Waals surface area contributed by atoms with Gasteiger partial charge in [-0.1, -0.05) is 0 Å². The third kappa shape index (κ3) is 2.64. The first kappa shape index (κ1) is 16.3. The molecule has 9 nitrogen and oxygen atoms in total. The van der Waals surface area contributed by atoms with Crippen LogP contribution in [0.2, 0.25) is 0 Å². The van der Waals surface area contributed by atoms with Gasteiger partial charge in [0.15, 0.2) is 5.65 Å². The fourth-order valence-corrected chi connectivity index (χ4v) is 3.71. The molecule has 132 valence electrons. The highest BCUT2D eigenvalue weighted by molar-refractivity contribution is 7.99. The second kappa shape index (κ2) is 6.30. The van der Waals surface area contributed by atoms with Gasteiger partial charge in [0, 0.05) is 12.3 Å². The molecule has 10 heteroatoms. The van der Waals surface area contributed by atoms with Crippen LogP contribution in [0.4, 0.5) is 11.6 Å². The number of nitrogens with one attached hydrogen (secondary N) is 1. The second-order valence-electron chi connectivity index (χ2n) is 5.51. The molecule has 1 aromatic carbocycles. The summed E-state index contributed by atoms with van der Waals surface area (Å²) in [6.45, 7) is 0.355. The van der Waals surface area contributed by atoms with Gasteiger partial charge in [0.05, 0.1) is 24.7 Å². The van der Waals surface area contributed by atoms with Crippen LogP contribution < -0.4 is 15.4 Å². The standard InChI is InChI=1S/C16H14N6O3S/c1-25-8-2-3-10-9(6-8)12(23)15(24)22(10)4-5-26-14-11-13(19-7-18-11)20-16(17)21-14/h2-3,6-7H,4-5H2,1H3,(H3,17,18,19,20,21). The number of hydrogen-bond acceptors (Lipinski definition) is 8. The highest BCUT2D eigenvalue weighted by Crippen LogP contribution is 2.32. The predicted molar refractivity (Wildman–Crippen MR) is 96.5 cm³/mol. The highest BCUT2D eigenvalue weighted by atomic mass is 32.2. The van der Waals surface area contributed by atoms with Crippen molar-refractivity contribution in [1.29, 1.82) is 0 Å². The molecule has 1 aliphatic rings. The number of ketones is 1. The minimum Gasteiger partial charge on any atom is -0.497 e. The fourth-order valence-electron chi connectivity index (χ4n) is 2.79. The number of fused-ring (bicyclic) bond motifs is 2. The molecule has 0 radical (unpaired) electrons. The zero-order chi connectivity index (χ0) is 18.3. The number of aromatic nitrogens is 4. The van der Waals surface area contributed by atoms with Crippen LogP contribution in [0.15, 0.2) is 29.6 Å². The van der Waals surface area contributed by atoms with Gasteiger partial charge in [-0.2, -0.15) is 4.98 Å². The number of anilines is 2. The summed E-state index contributed by atoms with van der Waals surface area (Å²) >= 11 is 1.41. The van der Waals surface area contributed by atoms with Crippen molar-refractivity contribution in [3.63, 3.8) is 0 Å². The summed E-state index contributed by atoms with van der Waals surface area (Å²) in [5, 5.41) is 0.651. The lowest BCUT2D eigenvalue weighted by atomic mass is 10.1. The largest absolute Gasteiger partial charge is 0.497 e. The van der Waals surface area contributed by atoms with Gasteiger partial charge in [-0.05, 0) is 18.2 Å². The SMILES string of the molecule is COc1ccc2c(c1)C(=O)C(=O)N2CCSc1nc(N)nc2nc[nH]c12. The van der Waals surface area contributed by atoms with E-state index in [4.69, 9.17) is 10.5 Å². The Morgan fingerprint density at radius 2 is 2.15 bits per heavy atom. The van der Waals surface area contributed by atoms with Crippen molar-refractivity contribution in [1.82, 2.24) is 19.9 Å². The van der Waals surface area contributed by atoms with Gasteiger partial charge in [0.1, 0.15) is 16.3 Å². The summed E-state index contributed by atoms with van der Waals surface area (Å²) in [5.41, 5.74) is 7.84. The maximum atomic E-state index is 12.3. The van der Waals surface area contributed by atoms with Crippen molar-refractivity contribution in [3.05, 3.63) is 30.1 Å². The molecule has 0 atom stereocenters. The van der Waals surface area contributed by atoms with E-state index in [1.807, 2.05) is 0 Å². The van der Waals surface area contributed by atoms with Crippen LogP contribution in [-0.2, 0) is 4.79 Å². The highest BCUT2D eigenvalue weighted by Gasteiger charge is 2.35. The fraction of sp³-hybridized carbons (Fsp3) is 0.188. The zero-order valence-corrected chi connectivity index (χ0v) is 14.5. The van der Waals surface area contributed by atoms with Crippen molar-refractivity contribution in [2.24, 2.45) is 0 Å². The number of nitrogens with zero attached hydrogens (tertiary/aromatic N) is 4. The van der Waals surface area contributed by atoms with E-state index < -0.39 is 11.7 Å². The van der Waals surface area contributed by atoms with E-state index in [1.165, 1.54) is 30.1 Å². The van der Waals surface area contributed by atoms with Crippen LogP contribution in [-0.4, -0.2) is 51.0 Å². The molecule has 0 saturated heterocycles. The van der Waals surface area contributed by atoms with Gasteiger partial charge in [0.2, 0.25) is 5.95 Å². The Balaban J connectivity index is 1.53. The first-order valence-electron chi connectivity index (χ1n) is 7.72. The average Bonchev–Trinajstić information content (AvgIpc) is 3.20. The average molecular weight is 370 g/mol. The molecule has 3 aromatic rings. The number of imidazole rings is 1. The Labute approximate surface area is 152 Å². The molecular weight excluding hydrogens is 356 g/mol. The van der Waals surface area contributed by atoms with Crippen LogP contribution >= 0.6 is 11.8 Å². The Kier molecular flexibility index (Phi) is 3.96. The minimum absolute atomic E-state index is 0.136. The van der Waals surface area contributed by atoms with E-state index in [9.17, 15) is 9.59 Å². The number of hydrogen-bond donors (Lipinski definition) is 2. The monoisotopic (exact) mass is 370 g/mol. The van der Waals surface area contributed by atoms with Crippen molar-refractivity contribution < 1.29 is 14.3 Å². The summed E-state index contributed by atoms with van der Waals surface area (Å²) in [7, 11) is 1.51. The van der Waals surface area contributed by atoms with Gasteiger partial charge in [-0.25, -0.2) is 9.97 Å². The molecule has 0 bridgehead atoms. The molecule has 0 fully saturated rings. The molecule has 1 aliphatic heterocycles. The van der Waals surface area contributed by atoms with Crippen LogP contribution in [0.25, 0.3) is 11.2 Å². The minimum atomic E-state index is -0.539. The molecule has 0 spiro atoms. The van der Waals surface area contributed by atoms with Crippen LogP contribution in [0.3, 0.4) is 0 Å². The quantitative estimate of drug-likeness (QED) is 0.390. The summed E-state index contributed by atoms with van der Waals surface area (Å²) in [6.07, 6.45) is 1.52. The summed E-state index contributed by atoms with van der Waals surface area (Å²) in [6, 6.07) is 5.03. The number of thioether (sulfide) groups is 1. The number of aromatic amines is 1. The lowest BCUT2D eigenvalue weighted by molar-refractivity contribution is -0.114. The number of amides is 1. The smallest absolute Gasteiger partial charge is 0.299 e. The van der Waals surface area contributed by atoms with E-state index in [1.54, 1.807) is 18.2 Å². The Bertz CT molecular complexity index is 1030. The number of nitrogens with two attached hydrogens (primary N) is 1. The number of H-pyrrole nitrogens is 1. The summed E-state index contributed by atoms with van der Waals surface area (Å²) in [5.74, 6) is 0.139. The summed E-state index contributed by atoms with van der Waals surface area (Å²) < 4.78 is 5.12. The van der Waals surface area contributed by atoms with E-state index >= 15 is 0 Å². The molecule has 3 N–H and O–H groups in total. The van der Waals surface area contributed by atoms with Gasteiger partial charge in [-0.3, -0.25) is 9.59 Å². The zero-order valence-electron chi connectivity index (χ0n) is 13.7. The Hall–Kier alpha value is -3.14. The third-order valence-corrected chi connectivity index (χ3v) is 4.96. The first-order chi connectivity index (χ1) is 12.6. The maximum absolute atomic E-state index is 12.3. The van der Waals surface area contributed by atoms with Crippen LogP contribution in [0.1, 0.15) is 10.4 Å². The van der Waals surface area contributed by atoms with Gasteiger partial charge >= 0.3 is 0 Å². The molecule has 0 saturated carbocycles. The van der Waals surface area contributed by atoms with E-state index in [-0.39, 0.29) is 5.95 Å². The van der Waals surface area contributed by atoms with Crippen molar-refractivity contribution in [3.8, 4) is 5.75 Å². The topological polar surface area (TPSA) is 127 Å². The number of ether oxygens (including phenoxy) is 1. The van der Waals surface area contributed by atoms with Crippen LogP contribution in [0, 0.1) is 0 Å².